The average Bonchev–Trinajstić information content (AvgIpc) is 3.21. The molecule has 6 heteroatoms. The van der Waals surface area contributed by atoms with E-state index in [4.69, 9.17) is 4.42 Å². The van der Waals surface area contributed by atoms with Crippen molar-refractivity contribution in [2.75, 3.05) is 5.32 Å². The summed E-state index contributed by atoms with van der Waals surface area (Å²) >= 11 is 0. The van der Waals surface area contributed by atoms with Crippen molar-refractivity contribution in [3.05, 3.63) is 89.6 Å². The number of aryl methyl sites for hydroxylation is 1. The summed E-state index contributed by atoms with van der Waals surface area (Å²) in [5.74, 6) is -0.485. The molecular formula is C21H19FN2O3. The molecule has 0 atom stereocenters. The van der Waals surface area contributed by atoms with E-state index in [0.717, 1.165) is 11.1 Å². The number of furan rings is 1. The highest BCUT2D eigenvalue weighted by Crippen LogP contribution is 2.13. The van der Waals surface area contributed by atoms with Gasteiger partial charge >= 0.3 is 0 Å². The van der Waals surface area contributed by atoms with Gasteiger partial charge in [-0.1, -0.05) is 24.3 Å². The van der Waals surface area contributed by atoms with Crippen molar-refractivity contribution >= 4 is 17.5 Å². The van der Waals surface area contributed by atoms with Crippen LogP contribution in [0.25, 0.3) is 0 Å². The van der Waals surface area contributed by atoms with Crippen LogP contribution in [0.15, 0.2) is 71.3 Å². The summed E-state index contributed by atoms with van der Waals surface area (Å²) < 4.78 is 17.9. The van der Waals surface area contributed by atoms with E-state index in [1.165, 1.54) is 18.4 Å². The maximum atomic E-state index is 12.9. The number of amides is 2. The Labute approximate surface area is 156 Å². The summed E-state index contributed by atoms with van der Waals surface area (Å²) in [5, 5.41) is 5.59. The van der Waals surface area contributed by atoms with Gasteiger partial charge in [0.1, 0.15) is 5.82 Å². The molecule has 2 aromatic carbocycles. The number of hydrogen-bond acceptors (Lipinski definition) is 3. The molecule has 3 rings (SSSR count). The molecule has 0 spiro atoms. The highest BCUT2D eigenvalue weighted by molar-refractivity contribution is 6.02. The summed E-state index contributed by atoms with van der Waals surface area (Å²) in [6.07, 6.45) is 2.30. The van der Waals surface area contributed by atoms with E-state index in [1.54, 1.807) is 42.5 Å². The second kappa shape index (κ2) is 8.80. The van der Waals surface area contributed by atoms with Crippen LogP contribution in [0, 0.1) is 5.82 Å². The van der Waals surface area contributed by atoms with Crippen molar-refractivity contribution in [3.63, 3.8) is 0 Å². The van der Waals surface area contributed by atoms with Crippen LogP contribution in [0.4, 0.5) is 10.1 Å². The van der Waals surface area contributed by atoms with Gasteiger partial charge in [0.2, 0.25) is 5.91 Å². The first-order chi connectivity index (χ1) is 13.1. The Morgan fingerprint density at radius 3 is 2.52 bits per heavy atom. The van der Waals surface area contributed by atoms with Crippen LogP contribution in [0.3, 0.4) is 0 Å². The molecule has 0 bridgehead atoms. The molecule has 0 saturated heterocycles. The van der Waals surface area contributed by atoms with Gasteiger partial charge in [-0.15, -0.1) is 0 Å². The summed E-state index contributed by atoms with van der Waals surface area (Å²) in [7, 11) is 0. The monoisotopic (exact) mass is 366 g/mol. The van der Waals surface area contributed by atoms with Gasteiger partial charge in [-0.3, -0.25) is 9.59 Å². The van der Waals surface area contributed by atoms with E-state index < -0.39 is 0 Å². The molecule has 2 N–H and O–H groups in total. The van der Waals surface area contributed by atoms with Crippen LogP contribution < -0.4 is 10.6 Å². The first-order valence-electron chi connectivity index (χ1n) is 8.55. The van der Waals surface area contributed by atoms with Crippen LogP contribution in [0.1, 0.15) is 28.1 Å². The number of nitrogens with one attached hydrogen (secondary N) is 2. The zero-order valence-corrected chi connectivity index (χ0v) is 14.6. The minimum absolute atomic E-state index is 0.0932. The molecule has 0 saturated carbocycles. The quantitative estimate of drug-likeness (QED) is 0.666. The minimum Gasteiger partial charge on any atom is -0.459 e. The number of hydrogen-bond donors (Lipinski definition) is 2. The van der Waals surface area contributed by atoms with Gasteiger partial charge in [0.05, 0.1) is 6.26 Å². The lowest BCUT2D eigenvalue weighted by atomic mass is 10.1. The predicted octanol–water partition coefficient (Wildman–Crippen LogP) is 3.92. The van der Waals surface area contributed by atoms with Crippen molar-refractivity contribution in [1.29, 1.82) is 0 Å². The summed E-state index contributed by atoms with van der Waals surface area (Å²) in [4.78, 5) is 24.0. The van der Waals surface area contributed by atoms with Gasteiger partial charge in [0.15, 0.2) is 5.76 Å². The van der Waals surface area contributed by atoms with E-state index >= 15 is 0 Å². The van der Waals surface area contributed by atoms with E-state index in [0.29, 0.717) is 25.1 Å². The highest BCUT2D eigenvalue weighted by Gasteiger charge is 2.09. The number of benzene rings is 2. The van der Waals surface area contributed by atoms with E-state index in [1.807, 2.05) is 6.07 Å². The summed E-state index contributed by atoms with van der Waals surface area (Å²) in [6.45, 7) is 0.354. The van der Waals surface area contributed by atoms with Gasteiger partial charge in [-0.05, 0) is 53.9 Å². The van der Waals surface area contributed by atoms with Crippen LogP contribution in [0.5, 0.6) is 0 Å². The van der Waals surface area contributed by atoms with Crippen LogP contribution in [-0.2, 0) is 17.8 Å². The van der Waals surface area contributed by atoms with Crippen molar-refractivity contribution in [2.24, 2.45) is 0 Å². The zero-order valence-electron chi connectivity index (χ0n) is 14.6. The normalized spacial score (nSPS) is 10.4. The molecular weight excluding hydrogens is 347 g/mol. The van der Waals surface area contributed by atoms with Gasteiger partial charge in [-0.2, -0.15) is 0 Å². The lowest BCUT2D eigenvalue weighted by Crippen LogP contribution is -2.23. The molecule has 0 fully saturated rings. The fraction of sp³-hybridized carbons (Fsp3) is 0.143. The number of anilines is 1. The molecule has 0 unspecified atom stereocenters. The SMILES string of the molecule is O=C(CCc1ccc(F)cc1)NCc1cccc(NC(=O)c2ccco2)c1. The van der Waals surface area contributed by atoms with Gasteiger partial charge in [0, 0.05) is 18.7 Å². The Morgan fingerprint density at radius 1 is 0.963 bits per heavy atom. The van der Waals surface area contributed by atoms with Crippen molar-refractivity contribution < 1.29 is 18.4 Å². The maximum Gasteiger partial charge on any atom is 0.291 e. The Hall–Kier alpha value is -3.41. The molecule has 0 aliphatic carbocycles. The van der Waals surface area contributed by atoms with Crippen LogP contribution >= 0.6 is 0 Å². The molecule has 0 aliphatic rings. The molecule has 138 valence electrons. The molecule has 2 amide bonds. The third-order valence-electron chi connectivity index (χ3n) is 3.97. The lowest BCUT2D eigenvalue weighted by molar-refractivity contribution is -0.121. The van der Waals surface area contributed by atoms with Crippen LogP contribution in [0.2, 0.25) is 0 Å². The lowest BCUT2D eigenvalue weighted by Gasteiger charge is -2.08. The second-order valence-electron chi connectivity index (χ2n) is 6.03. The molecule has 27 heavy (non-hydrogen) atoms. The summed E-state index contributed by atoms with van der Waals surface area (Å²) in [6, 6.07) is 16.6. The van der Waals surface area contributed by atoms with Crippen molar-refractivity contribution in [1.82, 2.24) is 5.32 Å². The first kappa shape index (κ1) is 18.4. The Bertz CT molecular complexity index is 905. The average molecular weight is 366 g/mol. The zero-order chi connectivity index (χ0) is 19.1. The van der Waals surface area contributed by atoms with Crippen molar-refractivity contribution in [3.8, 4) is 0 Å². The smallest absolute Gasteiger partial charge is 0.291 e. The van der Waals surface area contributed by atoms with Crippen LogP contribution in [-0.4, -0.2) is 11.8 Å². The fourth-order valence-corrected chi connectivity index (χ4v) is 2.56. The number of halogens is 1. The van der Waals surface area contributed by atoms with Gasteiger partial charge in [0.25, 0.3) is 5.91 Å². The fourth-order valence-electron chi connectivity index (χ4n) is 2.56. The molecule has 1 aromatic heterocycles. The van der Waals surface area contributed by atoms with E-state index in [-0.39, 0.29) is 23.4 Å². The number of carbonyl (C=O) groups excluding carboxylic acids is 2. The van der Waals surface area contributed by atoms with Gasteiger partial charge < -0.3 is 15.1 Å². The molecule has 0 aliphatic heterocycles. The van der Waals surface area contributed by atoms with Crippen molar-refractivity contribution in [2.45, 2.75) is 19.4 Å². The number of carbonyl (C=O) groups is 2. The van der Waals surface area contributed by atoms with E-state index in [9.17, 15) is 14.0 Å². The highest BCUT2D eigenvalue weighted by atomic mass is 19.1. The predicted molar refractivity (Wildman–Crippen MR) is 99.7 cm³/mol. The maximum absolute atomic E-state index is 12.9. The van der Waals surface area contributed by atoms with Gasteiger partial charge in [-0.25, -0.2) is 4.39 Å². The minimum atomic E-state index is -0.333. The summed E-state index contributed by atoms with van der Waals surface area (Å²) in [5.41, 5.74) is 2.39. The van der Waals surface area contributed by atoms with E-state index in [2.05, 4.69) is 10.6 Å². The third-order valence-corrected chi connectivity index (χ3v) is 3.97. The Kier molecular flexibility index (Phi) is 5.99. The first-order valence-corrected chi connectivity index (χ1v) is 8.55. The molecule has 5 nitrogen and oxygen atoms in total. The standard InChI is InChI=1S/C21H19FN2O3/c22-17-9-6-15(7-10-17)8-11-20(25)23-14-16-3-1-4-18(13-16)24-21(26)19-5-2-12-27-19/h1-7,9-10,12-13H,8,11,14H2,(H,23,25)(H,24,26). The molecule has 1 heterocycles. The Morgan fingerprint density at radius 2 is 1.78 bits per heavy atom. The Balaban J connectivity index is 1.48. The largest absolute Gasteiger partial charge is 0.459 e. The third kappa shape index (κ3) is 5.54. The topological polar surface area (TPSA) is 71.3 Å². The number of rotatable bonds is 7. The second-order valence-corrected chi connectivity index (χ2v) is 6.03. The molecule has 3 aromatic rings. The molecule has 0 radical (unpaired) electrons.